The van der Waals surface area contributed by atoms with Crippen molar-refractivity contribution in [1.82, 2.24) is 4.98 Å². The summed E-state index contributed by atoms with van der Waals surface area (Å²) < 4.78 is 1.30. The van der Waals surface area contributed by atoms with Crippen molar-refractivity contribution in [2.24, 2.45) is 5.73 Å². The Hall–Kier alpha value is -0.930. The molecule has 0 radical (unpaired) electrons. The van der Waals surface area contributed by atoms with Crippen molar-refractivity contribution in [2.75, 3.05) is 6.54 Å². The van der Waals surface area contributed by atoms with Crippen LogP contribution in [-0.4, -0.2) is 11.5 Å². The van der Waals surface area contributed by atoms with Gasteiger partial charge in [-0.05, 0) is 37.5 Å². The van der Waals surface area contributed by atoms with Crippen molar-refractivity contribution in [3.8, 4) is 0 Å². The number of nitrogens with two attached hydrogens (primary N) is 1. The summed E-state index contributed by atoms with van der Waals surface area (Å²) in [5.74, 6) is 0. The number of benzene rings is 1. The predicted octanol–water partition coefficient (Wildman–Crippen LogP) is 3.77. The van der Waals surface area contributed by atoms with Crippen molar-refractivity contribution >= 4 is 21.6 Å². The fraction of sp³-hybridized carbons (Fsp3) is 0.533. The first-order chi connectivity index (χ1) is 8.73. The van der Waals surface area contributed by atoms with E-state index in [2.05, 4.69) is 25.1 Å². The molecule has 18 heavy (non-hydrogen) atoms. The van der Waals surface area contributed by atoms with Crippen molar-refractivity contribution in [1.29, 1.82) is 0 Å². The SMILES string of the molecule is Cc1ccc2sc(C3(CN)CCCCC3)nc2c1. The standard InChI is InChI=1S/C15H20N2S/c1-11-5-6-13-12(9-11)17-14(18-13)15(10-16)7-3-2-4-8-15/h5-6,9H,2-4,7-8,10,16H2,1H3. The third-order valence-corrected chi connectivity index (χ3v) is 5.48. The van der Waals surface area contributed by atoms with Gasteiger partial charge >= 0.3 is 0 Å². The highest BCUT2D eigenvalue weighted by atomic mass is 32.1. The van der Waals surface area contributed by atoms with E-state index >= 15 is 0 Å². The van der Waals surface area contributed by atoms with Gasteiger partial charge in [0.05, 0.1) is 10.2 Å². The normalized spacial score (nSPS) is 19.2. The van der Waals surface area contributed by atoms with E-state index in [0.29, 0.717) is 0 Å². The van der Waals surface area contributed by atoms with Crippen LogP contribution in [-0.2, 0) is 5.41 Å². The second kappa shape index (κ2) is 4.63. The fourth-order valence-electron chi connectivity index (χ4n) is 3.00. The first kappa shape index (κ1) is 12.1. The minimum absolute atomic E-state index is 0.163. The number of hydrogen-bond donors (Lipinski definition) is 1. The Morgan fingerprint density at radius 2 is 2.06 bits per heavy atom. The highest BCUT2D eigenvalue weighted by Gasteiger charge is 2.35. The summed E-state index contributed by atoms with van der Waals surface area (Å²) in [6.45, 7) is 2.86. The second-order valence-electron chi connectivity index (χ2n) is 5.54. The van der Waals surface area contributed by atoms with Gasteiger partial charge in [0.2, 0.25) is 0 Å². The summed E-state index contributed by atoms with van der Waals surface area (Å²) >= 11 is 1.84. The van der Waals surface area contributed by atoms with Crippen LogP contribution in [0.2, 0.25) is 0 Å². The third kappa shape index (κ3) is 1.95. The minimum Gasteiger partial charge on any atom is -0.329 e. The zero-order valence-electron chi connectivity index (χ0n) is 10.9. The lowest BCUT2D eigenvalue weighted by Gasteiger charge is -2.34. The maximum Gasteiger partial charge on any atom is 0.101 e. The molecule has 0 atom stereocenters. The molecule has 1 heterocycles. The molecular formula is C15H20N2S. The zero-order chi connectivity index (χ0) is 12.6. The summed E-state index contributed by atoms with van der Waals surface area (Å²) in [6, 6.07) is 6.54. The van der Waals surface area contributed by atoms with Crippen molar-refractivity contribution in [3.05, 3.63) is 28.8 Å². The van der Waals surface area contributed by atoms with E-state index in [9.17, 15) is 0 Å². The molecule has 0 amide bonds. The molecule has 1 fully saturated rings. The van der Waals surface area contributed by atoms with Crippen molar-refractivity contribution < 1.29 is 0 Å². The average Bonchev–Trinajstić information content (AvgIpc) is 2.83. The second-order valence-corrected chi connectivity index (χ2v) is 6.57. The maximum atomic E-state index is 6.09. The molecule has 1 aliphatic rings. The van der Waals surface area contributed by atoms with Gasteiger partial charge in [0.15, 0.2) is 0 Å². The monoisotopic (exact) mass is 260 g/mol. The number of hydrogen-bond acceptors (Lipinski definition) is 3. The molecule has 1 aromatic carbocycles. The van der Waals surface area contributed by atoms with Gasteiger partial charge in [0, 0.05) is 12.0 Å². The number of rotatable bonds is 2. The fourth-order valence-corrected chi connectivity index (χ4v) is 4.20. The van der Waals surface area contributed by atoms with Crippen LogP contribution in [0.15, 0.2) is 18.2 Å². The van der Waals surface area contributed by atoms with E-state index < -0.39 is 0 Å². The van der Waals surface area contributed by atoms with Gasteiger partial charge in [-0.1, -0.05) is 25.3 Å². The molecule has 1 aliphatic carbocycles. The third-order valence-electron chi connectivity index (χ3n) is 4.20. The van der Waals surface area contributed by atoms with E-state index in [1.807, 2.05) is 11.3 Å². The molecule has 1 aromatic heterocycles. The first-order valence-electron chi connectivity index (χ1n) is 6.81. The lowest BCUT2D eigenvalue weighted by molar-refractivity contribution is 0.300. The summed E-state index contributed by atoms with van der Waals surface area (Å²) in [4.78, 5) is 4.88. The predicted molar refractivity (Wildman–Crippen MR) is 78.2 cm³/mol. The molecule has 0 bridgehead atoms. The van der Waals surface area contributed by atoms with E-state index in [0.717, 1.165) is 12.1 Å². The smallest absolute Gasteiger partial charge is 0.101 e. The maximum absolute atomic E-state index is 6.09. The van der Waals surface area contributed by atoms with Crippen LogP contribution >= 0.6 is 11.3 Å². The summed E-state index contributed by atoms with van der Waals surface area (Å²) in [5.41, 5.74) is 8.68. The van der Waals surface area contributed by atoms with Crippen LogP contribution in [0.3, 0.4) is 0 Å². The molecule has 3 rings (SSSR count). The molecule has 2 aromatic rings. The van der Waals surface area contributed by atoms with Gasteiger partial charge in [0.25, 0.3) is 0 Å². The van der Waals surface area contributed by atoms with E-state index in [4.69, 9.17) is 10.7 Å². The molecule has 3 heteroatoms. The van der Waals surface area contributed by atoms with Crippen LogP contribution in [0.1, 0.15) is 42.7 Å². The van der Waals surface area contributed by atoms with E-state index in [1.165, 1.54) is 47.4 Å². The van der Waals surface area contributed by atoms with Crippen molar-refractivity contribution in [3.63, 3.8) is 0 Å². The molecule has 2 nitrogen and oxygen atoms in total. The largest absolute Gasteiger partial charge is 0.329 e. The first-order valence-corrected chi connectivity index (χ1v) is 7.63. The summed E-state index contributed by atoms with van der Waals surface area (Å²) in [7, 11) is 0. The van der Waals surface area contributed by atoms with Crippen molar-refractivity contribution in [2.45, 2.75) is 44.4 Å². The van der Waals surface area contributed by atoms with Gasteiger partial charge in [-0.25, -0.2) is 4.98 Å². The molecule has 96 valence electrons. The quantitative estimate of drug-likeness (QED) is 0.892. The molecule has 0 unspecified atom stereocenters. The van der Waals surface area contributed by atoms with Gasteiger partial charge in [-0.2, -0.15) is 0 Å². The van der Waals surface area contributed by atoms with Gasteiger partial charge in [-0.15, -0.1) is 11.3 Å². The summed E-state index contributed by atoms with van der Waals surface area (Å²) in [6.07, 6.45) is 6.37. The Labute approximate surface area is 112 Å². The van der Waals surface area contributed by atoms with Crippen LogP contribution in [0.25, 0.3) is 10.2 Å². The Kier molecular flexibility index (Phi) is 3.12. The molecule has 0 spiro atoms. The molecule has 0 saturated heterocycles. The molecule has 1 saturated carbocycles. The van der Waals surface area contributed by atoms with Gasteiger partial charge in [-0.3, -0.25) is 0 Å². The number of thiazole rings is 1. The molecule has 2 N–H and O–H groups in total. The van der Waals surface area contributed by atoms with Gasteiger partial charge < -0.3 is 5.73 Å². The minimum atomic E-state index is 0.163. The summed E-state index contributed by atoms with van der Waals surface area (Å²) in [5, 5.41) is 1.27. The highest BCUT2D eigenvalue weighted by Crippen LogP contribution is 2.41. The van der Waals surface area contributed by atoms with E-state index in [-0.39, 0.29) is 5.41 Å². The van der Waals surface area contributed by atoms with Crippen LogP contribution in [0.5, 0.6) is 0 Å². The number of aryl methyl sites for hydroxylation is 1. The molecule has 0 aliphatic heterocycles. The average molecular weight is 260 g/mol. The van der Waals surface area contributed by atoms with Gasteiger partial charge in [0.1, 0.15) is 5.01 Å². The topological polar surface area (TPSA) is 38.9 Å². The Morgan fingerprint density at radius 3 is 2.78 bits per heavy atom. The Balaban J connectivity index is 2.06. The number of aromatic nitrogens is 1. The Bertz CT molecular complexity index is 553. The highest BCUT2D eigenvalue weighted by molar-refractivity contribution is 7.18. The number of fused-ring (bicyclic) bond motifs is 1. The zero-order valence-corrected chi connectivity index (χ0v) is 11.7. The van der Waals surface area contributed by atoms with Crippen LogP contribution < -0.4 is 5.73 Å². The number of nitrogens with zero attached hydrogens (tertiary/aromatic N) is 1. The van der Waals surface area contributed by atoms with Crippen LogP contribution in [0.4, 0.5) is 0 Å². The van der Waals surface area contributed by atoms with Crippen LogP contribution in [0, 0.1) is 6.92 Å². The molecular weight excluding hydrogens is 240 g/mol. The lowest BCUT2D eigenvalue weighted by Crippen LogP contribution is -2.36. The lowest BCUT2D eigenvalue weighted by atomic mass is 9.74. The Morgan fingerprint density at radius 1 is 1.28 bits per heavy atom. The van der Waals surface area contributed by atoms with E-state index in [1.54, 1.807) is 0 Å².